The minimum atomic E-state index is 0.516. The van der Waals surface area contributed by atoms with Gasteiger partial charge in [0.25, 0.3) is 0 Å². The van der Waals surface area contributed by atoms with E-state index in [1.54, 1.807) is 12.1 Å². The molecule has 13 heavy (non-hydrogen) atoms. The van der Waals surface area contributed by atoms with E-state index in [1.807, 2.05) is 6.07 Å². The molecule has 0 saturated carbocycles. The van der Waals surface area contributed by atoms with E-state index in [-0.39, 0.29) is 0 Å². The number of aromatic nitrogens is 1. The summed E-state index contributed by atoms with van der Waals surface area (Å²) in [6, 6.07) is 5.26. The molecule has 2 rings (SSSR count). The maximum Gasteiger partial charge on any atom is 0.240 e. The molecule has 0 bridgehead atoms. The first-order valence-corrected chi connectivity index (χ1v) is 4.35. The number of benzene rings is 1. The first-order chi connectivity index (χ1) is 6.29. The molecule has 1 heterocycles. The van der Waals surface area contributed by atoms with Crippen molar-refractivity contribution in [2.45, 2.75) is 0 Å². The van der Waals surface area contributed by atoms with Crippen LogP contribution in [0.4, 0.5) is 10.8 Å². The Morgan fingerprint density at radius 3 is 3.15 bits per heavy atom. The van der Waals surface area contributed by atoms with Crippen LogP contribution >= 0.6 is 11.3 Å². The zero-order valence-corrected chi connectivity index (χ0v) is 7.34. The standard InChI is InChI=1S/C8H5N3OS/c9-8-11-6-3-5(10-4-12)1-2-7(6)13-8/h1-3H,(H2,9,11). The van der Waals surface area contributed by atoms with E-state index in [0.29, 0.717) is 10.8 Å². The maximum atomic E-state index is 9.98. The van der Waals surface area contributed by atoms with Crippen LogP contribution in [0.1, 0.15) is 0 Å². The highest BCUT2D eigenvalue weighted by Crippen LogP contribution is 2.26. The second-order valence-electron chi connectivity index (χ2n) is 2.41. The molecule has 0 unspecified atom stereocenters. The van der Waals surface area contributed by atoms with Crippen LogP contribution in [0.3, 0.4) is 0 Å². The summed E-state index contributed by atoms with van der Waals surface area (Å²) in [5.41, 5.74) is 6.83. The number of hydrogen-bond donors (Lipinski definition) is 1. The lowest BCUT2D eigenvalue weighted by molar-refractivity contribution is 0.565. The Labute approximate surface area is 77.7 Å². The summed E-state index contributed by atoms with van der Waals surface area (Å²) in [4.78, 5) is 17.5. The molecule has 5 heteroatoms. The molecular weight excluding hydrogens is 186 g/mol. The van der Waals surface area contributed by atoms with Gasteiger partial charge in [-0.05, 0) is 18.2 Å². The molecule has 0 saturated heterocycles. The molecule has 0 aliphatic rings. The highest BCUT2D eigenvalue weighted by Gasteiger charge is 2.00. The number of nitrogen functional groups attached to an aromatic ring is 1. The molecular formula is C8H5N3OS. The molecule has 2 aromatic rings. The number of thiazole rings is 1. The fraction of sp³-hybridized carbons (Fsp3) is 0. The van der Waals surface area contributed by atoms with Gasteiger partial charge in [0.2, 0.25) is 6.08 Å². The Bertz CT molecular complexity index is 499. The second kappa shape index (κ2) is 2.97. The van der Waals surface area contributed by atoms with Crippen LogP contribution in [0.5, 0.6) is 0 Å². The monoisotopic (exact) mass is 191 g/mol. The minimum absolute atomic E-state index is 0.516. The van der Waals surface area contributed by atoms with Gasteiger partial charge in [-0.15, -0.1) is 0 Å². The van der Waals surface area contributed by atoms with Gasteiger partial charge in [0.15, 0.2) is 5.13 Å². The highest BCUT2D eigenvalue weighted by atomic mass is 32.1. The predicted molar refractivity (Wildman–Crippen MR) is 51.8 cm³/mol. The third-order valence-electron chi connectivity index (χ3n) is 1.56. The number of anilines is 1. The van der Waals surface area contributed by atoms with Gasteiger partial charge in [-0.3, -0.25) is 0 Å². The van der Waals surface area contributed by atoms with Crippen LogP contribution in [0.2, 0.25) is 0 Å². The van der Waals surface area contributed by atoms with Crippen LogP contribution in [-0.2, 0) is 4.79 Å². The molecule has 0 fully saturated rings. The second-order valence-corrected chi connectivity index (χ2v) is 3.47. The minimum Gasteiger partial charge on any atom is -0.375 e. The number of hydrogen-bond acceptors (Lipinski definition) is 5. The maximum absolute atomic E-state index is 9.98. The predicted octanol–water partition coefficient (Wildman–Crippen LogP) is 1.85. The summed E-state index contributed by atoms with van der Waals surface area (Å²) >= 11 is 1.41. The summed E-state index contributed by atoms with van der Waals surface area (Å²) in [6.07, 6.45) is 1.47. The fourth-order valence-corrected chi connectivity index (χ4v) is 1.77. The molecule has 1 aromatic heterocycles. The fourth-order valence-electron chi connectivity index (χ4n) is 1.06. The van der Waals surface area contributed by atoms with Gasteiger partial charge in [0, 0.05) is 0 Å². The third-order valence-corrected chi connectivity index (χ3v) is 2.43. The molecule has 2 N–H and O–H groups in total. The first kappa shape index (κ1) is 7.91. The van der Waals surface area contributed by atoms with Crippen molar-refractivity contribution in [3.05, 3.63) is 18.2 Å². The Morgan fingerprint density at radius 2 is 2.38 bits per heavy atom. The van der Waals surface area contributed by atoms with Crippen molar-refractivity contribution in [1.82, 2.24) is 4.98 Å². The van der Waals surface area contributed by atoms with E-state index in [1.165, 1.54) is 17.4 Å². The first-order valence-electron chi connectivity index (χ1n) is 3.53. The molecule has 0 atom stereocenters. The lowest BCUT2D eigenvalue weighted by atomic mass is 10.3. The number of nitrogens with two attached hydrogens (primary N) is 1. The molecule has 64 valence electrons. The van der Waals surface area contributed by atoms with Crippen LogP contribution in [0, 0.1) is 0 Å². The summed E-state index contributed by atoms with van der Waals surface area (Å²) < 4.78 is 0.988. The van der Waals surface area contributed by atoms with Gasteiger partial charge in [-0.25, -0.2) is 9.78 Å². The number of nitrogens with zero attached hydrogens (tertiary/aromatic N) is 2. The third kappa shape index (κ3) is 1.42. The molecule has 1 aromatic carbocycles. The van der Waals surface area contributed by atoms with E-state index in [0.717, 1.165) is 10.2 Å². The topological polar surface area (TPSA) is 68.3 Å². The van der Waals surface area contributed by atoms with E-state index >= 15 is 0 Å². The smallest absolute Gasteiger partial charge is 0.240 e. The molecule has 0 aliphatic carbocycles. The number of rotatable bonds is 1. The summed E-state index contributed by atoms with van der Waals surface area (Å²) in [6.45, 7) is 0. The van der Waals surface area contributed by atoms with Crippen LogP contribution in [0.15, 0.2) is 23.2 Å². The lowest BCUT2D eigenvalue weighted by Crippen LogP contribution is -1.78. The van der Waals surface area contributed by atoms with Crippen LogP contribution in [0.25, 0.3) is 10.2 Å². The average molecular weight is 191 g/mol. The van der Waals surface area contributed by atoms with Crippen molar-refractivity contribution >= 4 is 38.5 Å². The van der Waals surface area contributed by atoms with Crippen molar-refractivity contribution in [2.75, 3.05) is 5.73 Å². The Hall–Kier alpha value is -1.71. The SMILES string of the molecule is Nc1nc2cc(N=C=O)ccc2s1. The van der Waals surface area contributed by atoms with Gasteiger partial charge in [0.1, 0.15) is 0 Å². The molecule has 0 spiro atoms. The average Bonchev–Trinajstić information content (AvgIpc) is 2.44. The van der Waals surface area contributed by atoms with Crippen LogP contribution in [-0.4, -0.2) is 11.1 Å². The van der Waals surface area contributed by atoms with Crippen molar-refractivity contribution in [1.29, 1.82) is 0 Å². The van der Waals surface area contributed by atoms with Gasteiger partial charge >= 0.3 is 0 Å². The molecule has 4 nitrogen and oxygen atoms in total. The van der Waals surface area contributed by atoms with Crippen molar-refractivity contribution < 1.29 is 4.79 Å². The summed E-state index contributed by atoms with van der Waals surface area (Å²) in [7, 11) is 0. The Kier molecular flexibility index (Phi) is 1.81. The van der Waals surface area contributed by atoms with Gasteiger partial charge in [-0.2, -0.15) is 4.99 Å². The van der Waals surface area contributed by atoms with Crippen molar-refractivity contribution in [2.24, 2.45) is 4.99 Å². The van der Waals surface area contributed by atoms with Gasteiger partial charge in [0.05, 0.1) is 15.9 Å². The van der Waals surface area contributed by atoms with Gasteiger partial charge < -0.3 is 5.73 Å². The number of isocyanates is 1. The lowest BCUT2D eigenvalue weighted by Gasteiger charge is -1.88. The Balaban J connectivity index is 2.67. The quantitative estimate of drug-likeness (QED) is 0.552. The number of aliphatic imine (C=N–C) groups is 1. The van der Waals surface area contributed by atoms with Crippen LogP contribution < -0.4 is 5.73 Å². The van der Waals surface area contributed by atoms with Gasteiger partial charge in [-0.1, -0.05) is 11.3 Å². The van der Waals surface area contributed by atoms with Crippen molar-refractivity contribution in [3.63, 3.8) is 0 Å². The molecule has 0 radical (unpaired) electrons. The summed E-state index contributed by atoms with van der Waals surface area (Å²) in [5.74, 6) is 0. The largest absolute Gasteiger partial charge is 0.375 e. The zero-order valence-electron chi connectivity index (χ0n) is 6.52. The zero-order chi connectivity index (χ0) is 9.26. The normalized spacial score (nSPS) is 9.85. The molecule has 0 amide bonds. The number of carbonyl (C=O) groups excluding carboxylic acids is 1. The van der Waals surface area contributed by atoms with E-state index in [4.69, 9.17) is 5.73 Å². The molecule has 0 aliphatic heterocycles. The Morgan fingerprint density at radius 1 is 1.54 bits per heavy atom. The number of fused-ring (bicyclic) bond motifs is 1. The highest BCUT2D eigenvalue weighted by molar-refractivity contribution is 7.22. The van der Waals surface area contributed by atoms with E-state index in [2.05, 4.69) is 9.98 Å². The van der Waals surface area contributed by atoms with Crippen molar-refractivity contribution in [3.8, 4) is 0 Å². The van der Waals surface area contributed by atoms with E-state index in [9.17, 15) is 4.79 Å². The van der Waals surface area contributed by atoms with E-state index < -0.39 is 0 Å². The summed E-state index contributed by atoms with van der Waals surface area (Å²) in [5, 5.41) is 0.516.